The number of hydrogen-bond donors (Lipinski definition) is 1. The molecule has 2 N–H and O–H groups in total. The maximum Gasteiger partial charge on any atom is 0.391 e. The topological polar surface area (TPSA) is 59.0 Å². The number of nitrogens with zero attached hydrogens (tertiary/aromatic N) is 1. The van der Waals surface area contributed by atoms with Crippen LogP contribution in [-0.2, 0) is 4.74 Å². The molecule has 0 bridgehead atoms. The first kappa shape index (κ1) is 12.2. The molecule has 0 saturated heterocycles. The number of nitrogens with two attached hydrogens (primary N) is 1. The van der Waals surface area contributed by atoms with Gasteiger partial charge in [-0.1, -0.05) is 0 Å². The largest absolute Gasteiger partial charge is 0.391 e. The van der Waals surface area contributed by atoms with Crippen LogP contribution >= 0.6 is 0 Å². The molecule has 0 saturated carbocycles. The molecular weight excluding hydrogens is 185 g/mol. The third-order valence-electron chi connectivity index (χ3n) is 1.27. The molecule has 0 spiro atoms. The number of hydrogen-bond acceptors (Lipinski definition) is 3. The fourth-order valence-corrected chi connectivity index (χ4v) is 0.565. The zero-order chi connectivity index (χ0) is 10.3. The fourth-order valence-electron chi connectivity index (χ4n) is 0.565. The van der Waals surface area contributed by atoms with E-state index < -0.39 is 18.6 Å². The molecule has 13 heavy (non-hydrogen) atoms. The Morgan fingerprint density at radius 1 is 1.38 bits per heavy atom. The minimum absolute atomic E-state index is 0.0881. The van der Waals surface area contributed by atoms with Crippen molar-refractivity contribution in [3.8, 4) is 6.07 Å². The van der Waals surface area contributed by atoms with Gasteiger partial charge < -0.3 is 10.5 Å². The Balaban J connectivity index is 3.24. The molecule has 0 rings (SSSR count). The first-order valence-corrected chi connectivity index (χ1v) is 3.75. The van der Waals surface area contributed by atoms with Crippen LogP contribution in [0.5, 0.6) is 0 Å². The lowest BCUT2D eigenvalue weighted by molar-refractivity contribution is -0.145. The molecule has 1 unspecified atom stereocenters. The average molecular weight is 196 g/mol. The standard InChI is InChI=1S/C7H11F3N2O/c8-7(9,10)2-4-13-3-1-6(12)5-11/h6H,1-4,12H2. The van der Waals surface area contributed by atoms with Gasteiger partial charge in [0.2, 0.25) is 0 Å². The smallest absolute Gasteiger partial charge is 0.381 e. The van der Waals surface area contributed by atoms with E-state index in [0.29, 0.717) is 0 Å². The minimum atomic E-state index is -4.18. The Morgan fingerprint density at radius 3 is 2.46 bits per heavy atom. The second-order valence-corrected chi connectivity index (χ2v) is 2.50. The predicted octanol–water partition coefficient (Wildman–Crippen LogP) is 1.20. The monoisotopic (exact) mass is 196 g/mol. The van der Waals surface area contributed by atoms with E-state index in [1.807, 2.05) is 0 Å². The molecule has 76 valence electrons. The molecule has 0 fully saturated rings. The highest BCUT2D eigenvalue weighted by Crippen LogP contribution is 2.18. The van der Waals surface area contributed by atoms with Gasteiger partial charge in [0.05, 0.1) is 25.1 Å². The van der Waals surface area contributed by atoms with Gasteiger partial charge in [0, 0.05) is 6.61 Å². The van der Waals surface area contributed by atoms with Crippen molar-refractivity contribution < 1.29 is 17.9 Å². The summed E-state index contributed by atoms with van der Waals surface area (Å²) in [7, 11) is 0. The molecule has 0 aromatic heterocycles. The quantitative estimate of drug-likeness (QED) is 0.672. The van der Waals surface area contributed by atoms with Crippen LogP contribution in [0.15, 0.2) is 0 Å². The number of nitriles is 1. The van der Waals surface area contributed by atoms with Crippen molar-refractivity contribution in [1.29, 1.82) is 5.26 Å². The lowest BCUT2D eigenvalue weighted by atomic mass is 10.2. The molecule has 0 radical (unpaired) electrons. The summed E-state index contributed by atoms with van der Waals surface area (Å²) in [4.78, 5) is 0. The van der Waals surface area contributed by atoms with Crippen molar-refractivity contribution >= 4 is 0 Å². The van der Waals surface area contributed by atoms with Gasteiger partial charge in [-0.05, 0) is 6.42 Å². The van der Waals surface area contributed by atoms with Gasteiger partial charge in [0.15, 0.2) is 0 Å². The summed E-state index contributed by atoms with van der Waals surface area (Å²) in [6, 6.07) is 1.09. The van der Waals surface area contributed by atoms with E-state index in [0.717, 1.165) is 0 Å². The Bertz CT molecular complexity index is 176. The number of alkyl halides is 3. The second kappa shape index (κ2) is 5.78. The average Bonchev–Trinajstić information content (AvgIpc) is 2.01. The van der Waals surface area contributed by atoms with Crippen molar-refractivity contribution in [2.45, 2.75) is 25.1 Å². The van der Waals surface area contributed by atoms with Crippen LogP contribution in [0.25, 0.3) is 0 Å². The highest BCUT2D eigenvalue weighted by atomic mass is 19.4. The summed E-state index contributed by atoms with van der Waals surface area (Å²) in [5.74, 6) is 0. The van der Waals surface area contributed by atoms with Gasteiger partial charge in [-0.2, -0.15) is 18.4 Å². The van der Waals surface area contributed by atoms with Crippen molar-refractivity contribution in [3.05, 3.63) is 0 Å². The molecule has 0 aromatic rings. The van der Waals surface area contributed by atoms with Crippen LogP contribution in [0, 0.1) is 11.3 Å². The van der Waals surface area contributed by atoms with Crippen LogP contribution in [0.3, 0.4) is 0 Å². The Morgan fingerprint density at radius 2 is 2.00 bits per heavy atom. The normalized spacial score (nSPS) is 13.8. The van der Waals surface area contributed by atoms with Gasteiger partial charge >= 0.3 is 6.18 Å². The summed E-state index contributed by atoms with van der Waals surface area (Å²) in [6.45, 7) is -0.285. The van der Waals surface area contributed by atoms with Crippen LogP contribution in [0.1, 0.15) is 12.8 Å². The first-order chi connectivity index (χ1) is 5.95. The van der Waals surface area contributed by atoms with E-state index in [4.69, 9.17) is 11.0 Å². The van der Waals surface area contributed by atoms with Crippen LogP contribution < -0.4 is 5.73 Å². The third kappa shape index (κ3) is 9.11. The predicted molar refractivity (Wildman–Crippen MR) is 39.7 cm³/mol. The third-order valence-corrected chi connectivity index (χ3v) is 1.27. The maximum absolute atomic E-state index is 11.6. The van der Waals surface area contributed by atoms with Gasteiger partial charge in [0.1, 0.15) is 0 Å². The number of ether oxygens (including phenoxy) is 1. The molecule has 0 amide bonds. The molecule has 0 aliphatic heterocycles. The molecule has 3 nitrogen and oxygen atoms in total. The van der Waals surface area contributed by atoms with E-state index in [1.165, 1.54) is 0 Å². The van der Waals surface area contributed by atoms with E-state index in [-0.39, 0.29) is 19.6 Å². The summed E-state index contributed by atoms with van der Waals surface area (Å²) in [5, 5.41) is 8.21. The summed E-state index contributed by atoms with van der Waals surface area (Å²) < 4.78 is 39.3. The van der Waals surface area contributed by atoms with Gasteiger partial charge in [0.25, 0.3) is 0 Å². The molecule has 0 aromatic carbocycles. The van der Waals surface area contributed by atoms with E-state index in [1.54, 1.807) is 6.07 Å². The molecule has 0 heterocycles. The van der Waals surface area contributed by atoms with E-state index in [2.05, 4.69) is 4.74 Å². The van der Waals surface area contributed by atoms with Crippen molar-refractivity contribution in [2.24, 2.45) is 5.73 Å². The van der Waals surface area contributed by atoms with Crippen LogP contribution in [0.4, 0.5) is 13.2 Å². The molecular formula is C7H11F3N2O. The Hall–Kier alpha value is -0.800. The SMILES string of the molecule is N#CC(N)CCOCCC(F)(F)F. The maximum atomic E-state index is 11.6. The summed E-state index contributed by atoms with van der Waals surface area (Å²) in [6.07, 6.45) is -4.89. The van der Waals surface area contributed by atoms with Crippen molar-refractivity contribution in [3.63, 3.8) is 0 Å². The molecule has 0 aliphatic rings. The van der Waals surface area contributed by atoms with Crippen molar-refractivity contribution in [1.82, 2.24) is 0 Å². The second-order valence-electron chi connectivity index (χ2n) is 2.50. The Kier molecular flexibility index (Phi) is 5.42. The summed E-state index contributed by atoms with van der Waals surface area (Å²) in [5.41, 5.74) is 5.18. The van der Waals surface area contributed by atoms with Crippen molar-refractivity contribution in [2.75, 3.05) is 13.2 Å². The lowest BCUT2D eigenvalue weighted by Gasteiger charge is -2.07. The highest BCUT2D eigenvalue weighted by Gasteiger charge is 2.26. The molecule has 1 atom stereocenters. The van der Waals surface area contributed by atoms with Gasteiger partial charge in [-0.3, -0.25) is 0 Å². The lowest BCUT2D eigenvalue weighted by Crippen LogP contribution is -2.20. The molecule has 6 heteroatoms. The first-order valence-electron chi connectivity index (χ1n) is 3.75. The van der Waals surface area contributed by atoms with E-state index in [9.17, 15) is 13.2 Å². The zero-order valence-corrected chi connectivity index (χ0v) is 6.97. The van der Waals surface area contributed by atoms with Gasteiger partial charge in [-0.15, -0.1) is 0 Å². The Labute approximate surface area is 74.3 Å². The number of halogens is 3. The van der Waals surface area contributed by atoms with Crippen LogP contribution in [0.2, 0.25) is 0 Å². The minimum Gasteiger partial charge on any atom is -0.381 e. The van der Waals surface area contributed by atoms with E-state index >= 15 is 0 Å². The zero-order valence-electron chi connectivity index (χ0n) is 6.97. The molecule has 0 aliphatic carbocycles. The fraction of sp³-hybridized carbons (Fsp3) is 0.857. The summed E-state index contributed by atoms with van der Waals surface area (Å²) >= 11 is 0. The van der Waals surface area contributed by atoms with Gasteiger partial charge in [-0.25, -0.2) is 0 Å². The highest BCUT2D eigenvalue weighted by molar-refractivity contribution is 4.85. The van der Waals surface area contributed by atoms with Crippen LogP contribution in [-0.4, -0.2) is 25.4 Å². The number of rotatable bonds is 5.